The first-order valence-electron chi connectivity index (χ1n) is 8.44. The van der Waals surface area contributed by atoms with E-state index in [1.54, 1.807) is 30.0 Å². The molecule has 2 amide bonds. The number of hydrogen-bond acceptors (Lipinski definition) is 5. The van der Waals surface area contributed by atoms with E-state index in [1.807, 2.05) is 0 Å². The van der Waals surface area contributed by atoms with Gasteiger partial charge in [-0.1, -0.05) is 0 Å². The molecule has 0 bridgehead atoms. The molecule has 2 rings (SSSR count). The predicted molar refractivity (Wildman–Crippen MR) is 94.5 cm³/mol. The smallest absolute Gasteiger partial charge is 0.305 e. The van der Waals surface area contributed by atoms with Crippen molar-refractivity contribution in [1.82, 2.24) is 4.90 Å². The Morgan fingerprint density at radius 2 is 1.96 bits per heavy atom. The normalized spacial score (nSPS) is 16.5. The van der Waals surface area contributed by atoms with Crippen molar-refractivity contribution in [2.75, 3.05) is 38.8 Å². The Kier molecular flexibility index (Phi) is 6.43. The number of carbonyl (C=O) groups is 3. The van der Waals surface area contributed by atoms with E-state index in [1.165, 1.54) is 19.1 Å². The number of anilines is 1. The Morgan fingerprint density at radius 3 is 2.54 bits per heavy atom. The Hall–Kier alpha value is -2.77. The van der Waals surface area contributed by atoms with Crippen molar-refractivity contribution in [2.24, 2.45) is 5.92 Å². The van der Waals surface area contributed by atoms with E-state index in [0.717, 1.165) is 0 Å². The maximum Gasteiger partial charge on any atom is 0.305 e. The fraction of sp³-hybridized carbons (Fsp3) is 0.500. The third-order valence-corrected chi connectivity index (χ3v) is 4.44. The van der Waals surface area contributed by atoms with Crippen LogP contribution in [0.15, 0.2) is 18.2 Å². The molecule has 0 radical (unpaired) electrons. The zero-order valence-corrected chi connectivity index (χ0v) is 15.2. The highest BCUT2D eigenvalue weighted by Gasteiger charge is 2.37. The van der Waals surface area contributed by atoms with Crippen LogP contribution in [0.1, 0.15) is 19.8 Å². The lowest BCUT2D eigenvalue weighted by atomic mass is 10.1. The minimum Gasteiger partial charge on any atom is -0.493 e. The lowest BCUT2D eigenvalue weighted by molar-refractivity contribution is -0.139. The molecular formula is C18H24N2O6. The standard InChI is InChI=1S/C18H24N2O6/c1-4-19(8-7-17(22)23)18(24)12-9-16(21)20(11-12)13-5-6-14(25-2)15(10-13)26-3/h5-6,10,12H,4,7-9,11H2,1-3H3,(H,22,23). The van der Waals surface area contributed by atoms with Crippen LogP contribution < -0.4 is 14.4 Å². The molecular weight excluding hydrogens is 340 g/mol. The summed E-state index contributed by atoms with van der Waals surface area (Å²) in [4.78, 5) is 38.8. The molecule has 8 heteroatoms. The minimum atomic E-state index is -0.953. The fourth-order valence-corrected chi connectivity index (χ4v) is 3.03. The van der Waals surface area contributed by atoms with Crippen LogP contribution in [0.25, 0.3) is 0 Å². The molecule has 1 unspecified atom stereocenters. The van der Waals surface area contributed by atoms with Crippen molar-refractivity contribution in [3.8, 4) is 11.5 Å². The quantitative estimate of drug-likeness (QED) is 0.749. The topological polar surface area (TPSA) is 96.4 Å². The number of rotatable bonds is 8. The van der Waals surface area contributed by atoms with Gasteiger partial charge in [-0.15, -0.1) is 0 Å². The van der Waals surface area contributed by atoms with Gasteiger partial charge >= 0.3 is 5.97 Å². The number of ether oxygens (including phenoxy) is 2. The average Bonchev–Trinajstić information content (AvgIpc) is 3.02. The lowest BCUT2D eigenvalue weighted by Gasteiger charge is -2.24. The van der Waals surface area contributed by atoms with Crippen LogP contribution in [0, 0.1) is 5.92 Å². The SMILES string of the molecule is CCN(CCC(=O)O)C(=O)C1CC(=O)N(c2ccc(OC)c(OC)c2)C1. The number of nitrogens with zero attached hydrogens (tertiary/aromatic N) is 2. The molecule has 1 aromatic carbocycles. The van der Waals surface area contributed by atoms with Gasteiger partial charge in [-0.2, -0.15) is 0 Å². The Bertz CT molecular complexity index is 690. The molecule has 142 valence electrons. The molecule has 1 heterocycles. The van der Waals surface area contributed by atoms with E-state index in [2.05, 4.69) is 0 Å². The van der Waals surface area contributed by atoms with Crippen molar-refractivity contribution in [1.29, 1.82) is 0 Å². The highest BCUT2D eigenvalue weighted by molar-refractivity contribution is 6.00. The van der Waals surface area contributed by atoms with Gasteiger partial charge in [0.2, 0.25) is 11.8 Å². The van der Waals surface area contributed by atoms with Crippen LogP contribution in [-0.2, 0) is 14.4 Å². The molecule has 26 heavy (non-hydrogen) atoms. The first-order chi connectivity index (χ1) is 12.4. The van der Waals surface area contributed by atoms with Crippen molar-refractivity contribution >= 4 is 23.5 Å². The predicted octanol–water partition coefficient (Wildman–Crippen LogP) is 1.38. The van der Waals surface area contributed by atoms with Gasteiger partial charge < -0.3 is 24.4 Å². The summed E-state index contributed by atoms with van der Waals surface area (Å²) in [6.45, 7) is 2.61. The Morgan fingerprint density at radius 1 is 1.27 bits per heavy atom. The maximum atomic E-state index is 12.6. The van der Waals surface area contributed by atoms with E-state index < -0.39 is 11.9 Å². The summed E-state index contributed by atoms with van der Waals surface area (Å²) < 4.78 is 10.5. The second-order valence-corrected chi connectivity index (χ2v) is 6.01. The third-order valence-electron chi connectivity index (χ3n) is 4.44. The van der Waals surface area contributed by atoms with Crippen LogP contribution in [0.2, 0.25) is 0 Å². The zero-order valence-electron chi connectivity index (χ0n) is 15.2. The van der Waals surface area contributed by atoms with E-state index in [9.17, 15) is 14.4 Å². The summed E-state index contributed by atoms with van der Waals surface area (Å²) in [5, 5.41) is 8.81. The second kappa shape index (κ2) is 8.55. The largest absolute Gasteiger partial charge is 0.493 e. The van der Waals surface area contributed by atoms with E-state index in [4.69, 9.17) is 14.6 Å². The van der Waals surface area contributed by atoms with Crippen molar-refractivity contribution in [3.63, 3.8) is 0 Å². The molecule has 0 saturated carbocycles. The van der Waals surface area contributed by atoms with Gasteiger partial charge in [0.05, 0.1) is 26.6 Å². The Balaban J connectivity index is 2.12. The van der Waals surface area contributed by atoms with Gasteiger partial charge in [-0.3, -0.25) is 14.4 Å². The van der Waals surface area contributed by atoms with Gasteiger partial charge in [0.15, 0.2) is 11.5 Å². The number of carbonyl (C=O) groups excluding carboxylic acids is 2. The van der Waals surface area contributed by atoms with E-state index in [0.29, 0.717) is 23.7 Å². The molecule has 0 spiro atoms. The summed E-state index contributed by atoms with van der Waals surface area (Å²) in [7, 11) is 3.05. The van der Waals surface area contributed by atoms with Crippen LogP contribution in [-0.4, -0.2) is 61.6 Å². The molecule has 1 aliphatic rings. The van der Waals surface area contributed by atoms with Gasteiger partial charge in [0, 0.05) is 37.8 Å². The summed E-state index contributed by atoms with van der Waals surface area (Å²) in [6.07, 6.45) is -0.00358. The van der Waals surface area contributed by atoms with Gasteiger partial charge in [0.25, 0.3) is 0 Å². The third kappa shape index (κ3) is 4.25. The number of aliphatic carboxylic acids is 1. The number of carboxylic acids is 1. The number of methoxy groups -OCH3 is 2. The Labute approximate surface area is 152 Å². The zero-order chi connectivity index (χ0) is 19.3. The molecule has 1 N–H and O–H groups in total. The first kappa shape index (κ1) is 19.6. The molecule has 1 saturated heterocycles. The monoisotopic (exact) mass is 364 g/mol. The number of carboxylic acid groups (broad SMARTS) is 1. The van der Waals surface area contributed by atoms with Crippen LogP contribution in [0.3, 0.4) is 0 Å². The average molecular weight is 364 g/mol. The molecule has 8 nitrogen and oxygen atoms in total. The molecule has 1 aromatic rings. The van der Waals surface area contributed by atoms with E-state index >= 15 is 0 Å². The summed E-state index contributed by atoms with van der Waals surface area (Å²) in [5.41, 5.74) is 0.636. The summed E-state index contributed by atoms with van der Waals surface area (Å²) in [5.74, 6) is -0.712. The maximum absolute atomic E-state index is 12.6. The molecule has 0 aromatic heterocycles. The molecule has 1 aliphatic heterocycles. The van der Waals surface area contributed by atoms with Gasteiger partial charge in [0.1, 0.15) is 0 Å². The minimum absolute atomic E-state index is 0.108. The highest BCUT2D eigenvalue weighted by Crippen LogP contribution is 2.34. The van der Waals surface area contributed by atoms with Crippen LogP contribution >= 0.6 is 0 Å². The molecule has 1 atom stereocenters. The van der Waals surface area contributed by atoms with E-state index in [-0.39, 0.29) is 37.7 Å². The van der Waals surface area contributed by atoms with Crippen LogP contribution in [0.5, 0.6) is 11.5 Å². The lowest BCUT2D eigenvalue weighted by Crippen LogP contribution is -2.38. The number of benzene rings is 1. The summed E-state index contributed by atoms with van der Waals surface area (Å²) in [6, 6.07) is 5.15. The number of hydrogen-bond donors (Lipinski definition) is 1. The second-order valence-electron chi connectivity index (χ2n) is 6.01. The van der Waals surface area contributed by atoms with Crippen molar-refractivity contribution in [3.05, 3.63) is 18.2 Å². The van der Waals surface area contributed by atoms with Gasteiger partial charge in [-0.25, -0.2) is 0 Å². The van der Waals surface area contributed by atoms with Crippen LogP contribution in [0.4, 0.5) is 5.69 Å². The number of amides is 2. The molecule has 1 fully saturated rings. The van der Waals surface area contributed by atoms with Crippen molar-refractivity contribution < 1.29 is 29.0 Å². The molecule has 0 aliphatic carbocycles. The van der Waals surface area contributed by atoms with Crippen molar-refractivity contribution in [2.45, 2.75) is 19.8 Å². The highest BCUT2D eigenvalue weighted by atomic mass is 16.5. The summed E-state index contributed by atoms with van der Waals surface area (Å²) >= 11 is 0. The fourth-order valence-electron chi connectivity index (χ4n) is 3.03. The van der Waals surface area contributed by atoms with Gasteiger partial charge in [-0.05, 0) is 19.1 Å². The first-order valence-corrected chi connectivity index (χ1v) is 8.44.